The van der Waals surface area contributed by atoms with E-state index < -0.39 is 16.1 Å². The first-order valence-corrected chi connectivity index (χ1v) is 16.5. The molecule has 0 saturated carbocycles. The third-order valence-corrected chi connectivity index (χ3v) is 15.5. The van der Waals surface area contributed by atoms with Crippen molar-refractivity contribution in [3.63, 3.8) is 0 Å². The van der Waals surface area contributed by atoms with Gasteiger partial charge in [-0.2, -0.15) is 0 Å². The molecule has 0 N–H and O–H groups in total. The van der Waals surface area contributed by atoms with Gasteiger partial charge in [0.1, 0.15) is 0 Å². The first-order chi connectivity index (χ1) is 17.4. The van der Waals surface area contributed by atoms with Crippen molar-refractivity contribution in [3.8, 4) is 0 Å². The maximum atomic E-state index is 2.89. The summed E-state index contributed by atoms with van der Waals surface area (Å²) >= 11 is 3.82. The number of rotatable bonds is 7. The van der Waals surface area contributed by atoms with E-state index in [1.54, 1.807) is 0 Å². The first kappa shape index (κ1) is 23.1. The summed E-state index contributed by atoms with van der Waals surface area (Å²) in [7, 11) is -1.20. The maximum Gasteiger partial charge on any atom is 0.0793 e. The van der Waals surface area contributed by atoms with Crippen LogP contribution in [-0.2, 0) is 0 Å². The summed E-state index contributed by atoms with van der Waals surface area (Å²) in [5, 5.41) is 4.49. The molecule has 0 spiro atoms. The highest BCUT2D eigenvalue weighted by atomic mass is 32.1. The lowest BCUT2D eigenvalue weighted by molar-refractivity contribution is 0.765. The molecule has 3 heterocycles. The van der Waals surface area contributed by atoms with Gasteiger partial charge in [0.15, 0.2) is 0 Å². The van der Waals surface area contributed by atoms with Gasteiger partial charge in [-0.1, -0.05) is 91.0 Å². The number of hydrogen-bond acceptors (Lipinski definition) is 3. The van der Waals surface area contributed by atoms with E-state index in [9.17, 15) is 0 Å². The maximum absolute atomic E-state index is 2.89. The van der Waals surface area contributed by atoms with Crippen molar-refractivity contribution in [3.05, 3.63) is 137 Å². The minimum Gasteiger partial charge on any atom is -0.319 e. The SMILES string of the molecule is c1ccc([C@@H]2CC[C@@H](c3ccccc3)P2N(c2ccccc2)P(c2cccs2)c2cccs2)cc1. The van der Waals surface area contributed by atoms with E-state index in [2.05, 4.69) is 130 Å². The summed E-state index contributed by atoms with van der Waals surface area (Å²) in [4.78, 5) is 0. The van der Waals surface area contributed by atoms with Crippen LogP contribution in [0.25, 0.3) is 0 Å². The van der Waals surface area contributed by atoms with Crippen molar-refractivity contribution < 1.29 is 0 Å². The topological polar surface area (TPSA) is 3.24 Å². The summed E-state index contributed by atoms with van der Waals surface area (Å²) in [5.41, 5.74) is 5.42. The number of thiophene rings is 2. The smallest absolute Gasteiger partial charge is 0.0793 e. The van der Waals surface area contributed by atoms with Gasteiger partial charge in [-0.15, -0.1) is 22.7 Å². The van der Waals surface area contributed by atoms with Crippen molar-refractivity contribution >= 4 is 53.7 Å². The Morgan fingerprint density at radius 1 is 0.571 bits per heavy atom. The quantitative estimate of drug-likeness (QED) is 0.191. The second-order valence-electron chi connectivity index (χ2n) is 8.65. The van der Waals surface area contributed by atoms with Crippen LogP contribution in [-0.4, -0.2) is 0 Å². The summed E-state index contributed by atoms with van der Waals surface area (Å²) in [6, 6.07) is 43.0. The molecule has 0 amide bonds. The molecular weight excluding hydrogens is 500 g/mol. The average molecular weight is 528 g/mol. The van der Waals surface area contributed by atoms with Crippen LogP contribution in [0.5, 0.6) is 0 Å². The Labute approximate surface area is 218 Å². The normalized spacial score (nSPS) is 18.2. The highest BCUT2D eigenvalue weighted by molar-refractivity contribution is 7.91. The van der Waals surface area contributed by atoms with Crippen molar-refractivity contribution in [1.82, 2.24) is 0 Å². The molecule has 1 nitrogen and oxygen atoms in total. The van der Waals surface area contributed by atoms with Gasteiger partial charge in [0.2, 0.25) is 0 Å². The fourth-order valence-electron chi connectivity index (χ4n) is 5.04. The Kier molecular flexibility index (Phi) is 7.12. The van der Waals surface area contributed by atoms with Crippen LogP contribution < -0.4 is 13.7 Å². The zero-order valence-electron chi connectivity index (χ0n) is 19.4. The number of benzene rings is 3. The molecule has 3 aromatic carbocycles. The van der Waals surface area contributed by atoms with Crippen LogP contribution in [0.1, 0.15) is 35.3 Å². The third-order valence-electron chi connectivity index (χ3n) is 6.55. The fraction of sp³-hybridized carbons (Fsp3) is 0.133. The van der Waals surface area contributed by atoms with Crippen LogP contribution in [0.15, 0.2) is 126 Å². The Morgan fingerprint density at radius 2 is 1.03 bits per heavy atom. The molecule has 5 heteroatoms. The number of nitrogens with zero attached hydrogens (tertiary/aromatic N) is 1. The number of hydrogen-bond donors (Lipinski definition) is 0. The molecule has 0 bridgehead atoms. The molecule has 2 aromatic heterocycles. The zero-order valence-corrected chi connectivity index (χ0v) is 22.8. The van der Waals surface area contributed by atoms with Crippen molar-refractivity contribution in [2.24, 2.45) is 0 Å². The standard InChI is InChI=1S/C30H27NP2S2/c1-4-12-24(13-5-1)27-20-21-28(25-14-6-2-7-15-25)32(27)31(26-16-8-3-9-17-26)33(29-18-10-22-34-29)30-19-11-23-35-30/h1-19,22-23,27-28H,20-21H2/t27-,28-/m0/s1. The van der Waals surface area contributed by atoms with E-state index in [4.69, 9.17) is 0 Å². The summed E-state index contributed by atoms with van der Waals surface area (Å²) in [6.45, 7) is 0. The van der Waals surface area contributed by atoms with Crippen molar-refractivity contribution in [2.75, 3.05) is 4.44 Å². The number of anilines is 1. The molecule has 1 aliphatic rings. The largest absolute Gasteiger partial charge is 0.319 e. The first-order valence-electron chi connectivity index (χ1n) is 12.0. The summed E-state index contributed by atoms with van der Waals surface area (Å²) in [5.74, 6) is 0. The molecule has 6 rings (SSSR count). The Bertz CT molecular complexity index is 1230. The van der Waals surface area contributed by atoms with Crippen LogP contribution in [0.4, 0.5) is 5.69 Å². The van der Waals surface area contributed by atoms with E-state index in [0.29, 0.717) is 11.3 Å². The predicted octanol–water partition coefficient (Wildman–Crippen LogP) is 9.34. The van der Waals surface area contributed by atoms with Crippen LogP contribution in [0, 0.1) is 0 Å². The molecule has 0 unspecified atom stereocenters. The van der Waals surface area contributed by atoms with Gasteiger partial charge in [-0.25, -0.2) is 0 Å². The Balaban J connectivity index is 1.56. The number of para-hydroxylation sites is 1. The molecule has 1 saturated heterocycles. The Hall–Kier alpha value is -2.28. The van der Waals surface area contributed by atoms with E-state index in [0.717, 1.165) is 0 Å². The zero-order chi connectivity index (χ0) is 23.5. The molecule has 0 radical (unpaired) electrons. The summed E-state index contributed by atoms with van der Waals surface area (Å²) in [6.07, 6.45) is 2.47. The van der Waals surface area contributed by atoms with Crippen molar-refractivity contribution in [1.29, 1.82) is 0 Å². The molecule has 2 atom stereocenters. The van der Waals surface area contributed by atoms with Crippen LogP contribution >= 0.6 is 38.8 Å². The van der Waals surface area contributed by atoms with Crippen LogP contribution in [0.3, 0.4) is 0 Å². The van der Waals surface area contributed by atoms with E-state index >= 15 is 0 Å². The van der Waals surface area contributed by atoms with Gasteiger partial charge >= 0.3 is 0 Å². The molecule has 1 aliphatic heterocycles. The average Bonchev–Trinajstić information content (AvgIpc) is 3.71. The van der Waals surface area contributed by atoms with Gasteiger partial charge in [0.25, 0.3) is 0 Å². The van der Waals surface area contributed by atoms with Gasteiger partial charge in [-0.05, 0) is 59.0 Å². The van der Waals surface area contributed by atoms with E-state index in [1.165, 1.54) is 38.9 Å². The van der Waals surface area contributed by atoms with Crippen LogP contribution in [0.2, 0.25) is 0 Å². The predicted molar refractivity (Wildman–Crippen MR) is 158 cm³/mol. The van der Waals surface area contributed by atoms with Gasteiger partial charge in [0, 0.05) is 25.1 Å². The minimum absolute atomic E-state index is 0.538. The molecule has 1 fully saturated rings. The van der Waals surface area contributed by atoms with Gasteiger partial charge < -0.3 is 4.44 Å². The molecule has 35 heavy (non-hydrogen) atoms. The van der Waals surface area contributed by atoms with E-state index in [-0.39, 0.29) is 0 Å². The molecule has 5 aromatic rings. The lowest BCUT2D eigenvalue weighted by Crippen LogP contribution is -2.24. The molecule has 174 valence electrons. The van der Waals surface area contributed by atoms with Crippen molar-refractivity contribution in [2.45, 2.75) is 24.2 Å². The minimum atomic E-state index is -0.662. The van der Waals surface area contributed by atoms with Gasteiger partial charge in [0.05, 0.1) is 17.3 Å². The highest BCUT2D eigenvalue weighted by Crippen LogP contribution is 2.77. The summed E-state index contributed by atoms with van der Waals surface area (Å²) < 4.78 is 5.86. The fourth-order valence-corrected chi connectivity index (χ4v) is 15.4. The lowest BCUT2D eigenvalue weighted by Gasteiger charge is -2.43. The molecule has 0 aliphatic carbocycles. The molecular formula is C30H27NP2S2. The Morgan fingerprint density at radius 3 is 1.46 bits per heavy atom. The lowest BCUT2D eigenvalue weighted by atomic mass is 10.0. The van der Waals surface area contributed by atoms with E-state index in [1.807, 2.05) is 22.7 Å². The highest BCUT2D eigenvalue weighted by Gasteiger charge is 2.45. The second kappa shape index (κ2) is 10.8. The second-order valence-corrected chi connectivity index (χ2v) is 15.9. The monoisotopic (exact) mass is 527 g/mol. The third kappa shape index (κ3) is 4.76. The van der Waals surface area contributed by atoms with Gasteiger partial charge in [-0.3, -0.25) is 0 Å².